The first-order valence-corrected chi connectivity index (χ1v) is 29.9. The Morgan fingerprint density at radius 2 is 1.08 bits per heavy atom. The van der Waals surface area contributed by atoms with Crippen LogP contribution in [0.5, 0.6) is 0 Å². The van der Waals surface area contributed by atoms with Crippen LogP contribution in [0.3, 0.4) is 0 Å². The fraction of sp³-hybridized carbons (Fsp3) is 0.600. The lowest BCUT2D eigenvalue weighted by Gasteiger charge is -2.45. The summed E-state index contributed by atoms with van der Waals surface area (Å²) in [6.07, 6.45) is -3.83. The van der Waals surface area contributed by atoms with Gasteiger partial charge in [0.2, 0.25) is 0 Å². The van der Waals surface area contributed by atoms with Gasteiger partial charge in [0.1, 0.15) is 12.2 Å². The quantitative estimate of drug-likeness (QED) is 0.114. The van der Waals surface area contributed by atoms with Crippen molar-refractivity contribution in [2.24, 2.45) is 5.92 Å². The average molecular weight is 1020 g/mol. The summed E-state index contributed by atoms with van der Waals surface area (Å²) in [4.78, 5) is 0. The van der Waals surface area contributed by atoms with Crippen LogP contribution in [0.1, 0.15) is 109 Å². The highest BCUT2D eigenvalue weighted by Crippen LogP contribution is 2.44. The van der Waals surface area contributed by atoms with E-state index in [1.807, 2.05) is 98.8 Å². The van der Waals surface area contributed by atoms with Crippen molar-refractivity contribution in [2.75, 3.05) is 13.2 Å². The number of hydrogen-bond acceptors (Lipinski definition) is 12. The average Bonchev–Trinajstić information content (AvgIpc) is 3.61. The van der Waals surface area contributed by atoms with Crippen LogP contribution in [-0.4, -0.2) is 112 Å². The van der Waals surface area contributed by atoms with E-state index in [-0.39, 0.29) is 35.9 Å². The molecule has 0 spiro atoms. The van der Waals surface area contributed by atoms with Gasteiger partial charge in [-0.2, -0.15) is 0 Å². The highest BCUT2D eigenvalue weighted by Gasteiger charge is 2.53. The highest BCUT2D eigenvalue weighted by atomic mass is 28.4. The van der Waals surface area contributed by atoms with Gasteiger partial charge < -0.3 is 56.9 Å². The van der Waals surface area contributed by atoms with Gasteiger partial charge in [-0.3, -0.25) is 0 Å². The van der Waals surface area contributed by atoms with E-state index in [1.54, 1.807) is 0 Å². The zero-order chi connectivity index (χ0) is 51.2. The maximum absolute atomic E-state index is 12.3. The monoisotopic (exact) mass is 1020 g/mol. The number of aliphatic hydroxyl groups excluding tert-OH is 1. The van der Waals surface area contributed by atoms with Crippen LogP contribution in [0, 0.1) is 5.92 Å². The van der Waals surface area contributed by atoms with Gasteiger partial charge in [-0.15, -0.1) is 0 Å². The number of aliphatic hydroxyl groups is 1. The molecule has 0 bridgehead atoms. The van der Waals surface area contributed by atoms with Crippen LogP contribution in [-0.2, 0) is 71.6 Å². The minimum atomic E-state index is -2.55. The smallest absolute Gasteiger partial charge is 0.192 e. The van der Waals surface area contributed by atoms with Crippen LogP contribution in [0.15, 0.2) is 121 Å². The normalized spacial score (nSPS) is 34.1. The van der Waals surface area contributed by atoms with Crippen LogP contribution < -0.4 is 0 Å². The zero-order valence-electron chi connectivity index (χ0n) is 44.4. The molecule has 5 aliphatic rings. The highest BCUT2D eigenvalue weighted by molar-refractivity contribution is 6.74. The zero-order valence-corrected chi connectivity index (χ0v) is 45.4. The molecule has 0 unspecified atom stereocenters. The predicted octanol–water partition coefficient (Wildman–Crippen LogP) is 11.0. The molecule has 15 atom stereocenters. The second-order valence-corrected chi connectivity index (χ2v) is 28.0. The van der Waals surface area contributed by atoms with Gasteiger partial charge in [0.25, 0.3) is 0 Å². The third-order valence-electron chi connectivity index (χ3n) is 15.9. The summed E-state index contributed by atoms with van der Waals surface area (Å²) in [5, 5.41) is 12.2. The minimum Gasteiger partial charge on any atom is -0.409 e. The lowest BCUT2D eigenvalue weighted by atomic mass is 9.88. The second kappa shape index (κ2) is 24.3. The van der Waals surface area contributed by atoms with Crippen molar-refractivity contribution in [3.8, 4) is 0 Å². The number of hydrogen-bond donors (Lipinski definition) is 1. The van der Waals surface area contributed by atoms with Gasteiger partial charge in [0, 0.05) is 31.2 Å². The Balaban J connectivity index is 1.09. The van der Waals surface area contributed by atoms with Gasteiger partial charge in [-0.1, -0.05) is 149 Å². The fourth-order valence-corrected chi connectivity index (χ4v) is 12.3. The molecule has 0 radical (unpaired) electrons. The number of benzene rings is 4. The molecule has 12 nitrogen and oxygen atoms in total. The lowest BCUT2D eigenvalue weighted by Crippen LogP contribution is -2.54. The van der Waals surface area contributed by atoms with Crippen molar-refractivity contribution in [2.45, 2.75) is 209 Å². The molecule has 5 heterocycles. The van der Waals surface area contributed by atoms with Crippen molar-refractivity contribution in [3.63, 3.8) is 0 Å². The Morgan fingerprint density at radius 1 is 0.575 bits per heavy atom. The third kappa shape index (κ3) is 14.4. The molecule has 0 aromatic heterocycles. The minimum absolute atomic E-state index is 0.146. The molecule has 5 saturated heterocycles. The van der Waals surface area contributed by atoms with E-state index < -0.39 is 81.4 Å². The van der Waals surface area contributed by atoms with E-state index in [4.69, 9.17) is 51.8 Å². The molecule has 5 aliphatic heterocycles. The van der Waals surface area contributed by atoms with Crippen LogP contribution in [0.2, 0.25) is 18.1 Å². The van der Waals surface area contributed by atoms with Crippen molar-refractivity contribution in [3.05, 3.63) is 144 Å². The molecule has 9 rings (SSSR count). The summed E-state index contributed by atoms with van der Waals surface area (Å²) >= 11 is 0. The molecule has 0 aliphatic carbocycles. The van der Waals surface area contributed by atoms with Crippen molar-refractivity contribution in [1.29, 1.82) is 0 Å². The Bertz CT molecular complexity index is 2270. The predicted molar refractivity (Wildman–Crippen MR) is 281 cm³/mol. The maximum atomic E-state index is 12.3. The number of ether oxygens (including phenoxy) is 10. The summed E-state index contributed by atoms with van der Waals surface area (Å²) in [6, 6.07) is 40.8. The Hall–Kier alpha value is -3.38. The molecule has 13 heteroatoms. The van der Waals surface area contributed by atoms with Crippen molar-refractivity contribution < 1.29 is 56.9 Å². The maximum Gasteiger partial charge on any atom is 0.192 e. The molecule has 4 aromatic carbocycles. The first-order valence-electron chi connectivity index (χ1n) is 27.0. The van der Waals surface area contributed by atoms with Gasteiger partial charge in [-0.05, 0) is 67.4 Å². The second-order valence-electron chi connectivity index (χ2n) is 23.2. The first kappa shape index (κ1) is 54.4. The largest absolute Gasteiger partial charge is 0.409 e. The summed E-state index contributed by atoms with van der Waals surface area (Å²) in [5.74, 6) is -0.689. The van der Waals surface area contributed by atoms with E-state index >= 15 is 0 Å². The van der Waals surface area contributed by atoms with Gasteiger partial charge in [0.05, 0.1) is 100 Å². The van der Waals surface area contributed by atoms with Crippen LogP contribution in [0.25, 0.3) is 0 Å². The molecular weight excluding hydrogens is 941 g/mol. The van der Waals surface area contributed by atoms with E-state index in [0.717, 1.165) is 28.7 Å². The van der Waals surface area contributed by atoms with E-state index in [9.17, 15) is 5.11 Å². The molecule has 398 valence electrons. The van der Waals surface area contributed by atoms with Gasteiger partial charge in [0.15, 0.2) is 20.4 Å². The lowest BCUT2D eigenvalue weighted by molar-refractivity contribution is -0.288. The molecule has 73 heavy (non-hydrogen) atoms. The topological polar surface area (TPSA) is 122 Å². The van der Waals surface area contributed by atoms with Crippen molar-refractivity contribution in [1.82, 2.24) is 0 Å². The number of rotatable bonds is 15. The Labute approximate surface area is 435 Å². The third-order valence-corrected chi connectivity index (χ3v) is 20.4. The molecule has 0 amide bonds. The van der Waals surface area contributed by atoms with Crippen LogP contribution in [0.4, 0.5) is 0 Å². The molecule has 5 fully saturated rings. The fourth-order valence-electron chi connectivity index (χ4n) is 11.0. The van der Waals surface area contributed by atoms with E-state index in [1.165, 1.54) is 0 Å². The molecule has 1 N–H and O–H groups in total. The van der Waals surface area contributed by atoms with Crippen molar-refractivity contribution >= 4 is 8.32 Å². The molecule has 4 aromatic rings. The van der Waals surface area contributed by atoms with Crippen LogP contribution >= 0.6 is 0 Å². The van der Waals surface area contributed by atoms with Gasteiger partial charge >= 0.3 is 0 Å². The standard InChI is InChI=1S/C60H82O12Si/c1-40-29-45(61)46(66-56-39-65-58(69-48(56)30-40)44-27-19-12-20-28-44)31-54-57(72-73(7,8)59(2,3)4)53(64-37-43-25-17-11-18-26-43)34-50-49(67-54)33-52-51(70-60(5,6)71-52)32-47(63-36-42-23-15-10-16-24-42)55(68-50)38-62-35-41-21-13-9-14-22-41/h9-28,40,45-58,61H,29-39H2,1-8H3/t40-,45+,46-,47+,48-,49-,50+,51-,52+,53+,54+,55-,56+,57-,58+/m0/s1. The first-order chi connectivity index (χ1) is 35.1. The summed E-state index contributed by atoms with van der Waals surface area (Å²) < 4.78 is 77.6. The van der Waals surface area contributed by atoms with E-state index in [0.29, 0.717) is 58.5 Å². The summed E-state index contributed by atoms with van der Waals surface area (Å²) in [7, 11) is -2.55. The molecular formula is C60H82O12Si. The summed E-state index contributed by atoms with van der Waals surface area (Å²) in [6.45, 7) is 19.2. The number of fused-ring (bicyclic) bond motifs is 3. The van der Waals surface area contributed by atoms with E-state index in [2.05, 4.69) is 77.2 Å². The molecule has 0 saturated carbocycles. The Kier molecular flexibility index (Phi) is 18.1. The van der Waals surface area contributed by atoms with Gasteiger partial charge in [-0.25, -0.2) is 0 Å². The summed E-state index contributed by atoms with van der Waals surface area (Å²) in [5.41, 5.74) is 4.16. The SMILES string of the molecule is C[C@H]1C[C@@H](O)[C@H](C[C@H]2O[C@H]3C[C@H]4OC(C)(C)O[C@H]4C[C@@H](OCc4ccccc4)[C@H](COCc4ccccc4)O[C@@H]3C[C@@H](OCc3ccccc3)[C@@H]2O[Si](C)(C)C(C)(C)C)O[C@@H]2CO[C@@H](c3ccccc3)O[C@H]2C1. The Morgan fingerprint density at radius 3 is 1.70 bits per heavy atom.